The van der Waals surface area contributed by atoms with E-state index in [0.717, 1.165) is 49.1 Å². The molecule has 1 heterocycles. The zero-order chi connectivity index (χ0) is 19.2. The SMILES string of the molecule is CCN(C(=S)Nc1cc(C)ccc1OC)C1CCN(Cc2ccccc2)C1. The van der Waals surface area contributed by atoms with Crippen LogP contribution in [0.25, 0.3) is 0 Å². The van der Waals surface area contributed by atoms with Crippen molar-refractivity contribution >= 4 is 23.0 Å². The molecule has 0 aromatic heterocycles. The molecule has 1 aliphatic rings. The summed E-state index contributed by atoms with van der Waals surface area (Å²) < 4.78 is 5.47. The zero-order valence-corrected chi connectivity index (χ0v) is 17.3. The van der Waals surface area contributed by atoms with Gasteiger partial charge in [0.15, 0.2) is 5.11 Å². The van der Waals surface area contributed by atoms with E-state index in [9.17, 15) is 0 Å². The first-order valence-corrected chi connectivity index (χ1v) is 10.00. The quantitative estimate of drug-likeness (QED) is 0.751. The lowest BCUT2D eigenvalue weighted by Crippen LogP contribution is -2.44. The Labute approximate surface area is 168 Å². The molecule has 0 saturated carbocycles. The Hall–Kier alpha value is -2.11. The third-order valence-electron chi connectivity index (χ3n) is 5.14. The monoisotopic (exact) mass is 383 g/mol. The minimum atomic E-state index is 0.439. The molecule has 0 aliphatic carbocycles. The van der Waals surface area contributed by atoms with Crippen molar-refractivity contribution in [3.63, 3.8) is 0 Å². The number of hydrogen-bond donors (Lipinski definition) is 1. The molecule has 1 N–H and O–H groups in total. The highest BCUT2D eigenvalue weighted by molar-refractivity contribution is 7.80. The maximum atomic E-state index is 5.75. The highest BCUT2D eigenvalue weighted by atomic mass is 32.1. The molecule has 4 nitrogen and oxygen atoms in total. The van der Waals surface area contributed by atoms with E-state index in [1.165, 1.54) is 11.1 Å². The minimum absolute atomic E-state index is 0.439. The number of methoxy groups -OCH3 is 1. The van der Waals surface area contributed by atoms with Gasteiger partial charge < -0.3 is 15.0 Å². The Morgan fingerprint density at radius 3 is 2.74 bits per heavy atom. The summed E-state index contributed by atoms with van der Waals surface area (Å²) >= 11 is 5.75. The number of benzene rings is 2. The number of rotatable bonds is 6. The second-order valence-corrected chi connectivity index (χ2v) is 7.47. The summed E-state index contributed by atoms with van der Waals surface area (Å²) in [7, 11) is 1.69. The lowest BCUT2D eigenvalue weighted by Gasteiger charge is -2.31. The van der Waals surface area contributed by atoms with Gasteiger partial charge in [0.05, 0.1) is 12.8 Å². The van der Waals surface area contributed by atoms with E-state index in [1.54, 1.807) is 7.11 Å². The summed E-state index contributed by atoms with van der Waals surface area (Å²) in [4.78, 5) is 4.82. The molecular formula is C22H29N3OS. The molecule has 1 fully saturated rings. The van der Waals surface area contributed by atoms with E-state index >= 15 is 0 Å². The second kappa shape index (κ2) is 9.20. The number of aryl methyl sites for hydroxylation is 1. The lowest BCUT2D eigenvalue weighted by molar-refractivity contribution is 0.282. The Morgan fingerprint density at radius 2 is 2.04 bits per heavy atom. The molecule has 5 heteroatoms. The van der Waals surface area contributed by atoms with Crippen LogP contribution in [-0.2, 0) is 6.54 Å². The fourth-order valence-corrected chi connectivity index (χ4v) is 4.11. The van der Waals surface area contributed by atoms with Crippen molar-refractivity contribution in [2.75, 3.05) is 32.1 Å². The molecule has 2 aromatic carbocycles. The average molecular weight is 384 g/mol. The molecule has 1 atom stereocenters. The molecule has 1 aliphatic heterocycles. The first-order valence-electron chi connectivity index (χ1n) is 9.59. The molecule has 0 radical (unpaired) electrons. The highest BCUT2D eigenvalue weighted by Gasteiger charge is 2.28. The molecule has 27 heavy (non-hydrogen) atoms. The highest BCUT2D eigenvalue weighted by Crippen LogP contribution is 2.26. The first-order chi connectivity index (χ1) is 13.1. The van der Waals surface area contributed by atoms with Gasteiger partial charge in [0, 0.05) is 32.2 Å². The molecular weight excluding hydrogens is 354 g/mol. The first kappa shape index (κ1) is 19.6. The van der Waals surface area contributed by atoms with E-state index < -0.39 is 0 Å². The van der Waals surface area contributed by atoms with E-state index in [1.807, 2.05) is 12.1 Å². The molecule has 3 rings (SSSR count). The van der Waals surface area contributed by atoms with Gasteiger partial charge in [-0.25, -0.2) is 0 Å². The third-order valence-corrected chi connectivity index (χ3v) is 5.47. The van der Waals surface area contributed by atoms with Gasteiger partial charge in [0.1, 0.15) is 5.75 Å². The Balaban J connectivity index is 1.63. The van der Waals surface area contributed by atoms with Gasteiger partial charge in [-0.2, -0.15) is 0 Å². The van der Waals surface area contributed by atoms with E-state index in [2.05, 4.69) is 65.4 Å². The van der Waals surface area contributed by atoms with E-state index in [4.69, 9.17) is 17.0 Å². The number of likely N-dealkylation sites (tertiary alicyclic amines) is 1. The van der Waals surface area contributed by atoms with Crippen molar-refractivity contribution in [2.45, 2.75) is 32.9 Å². The van der Waals surface area contributed by atoms with Crippen LogP contribution in [0.1, 0.15) is 24.5 Å². The number of nitrogens with one attached hydrogen (secondary N) is 1. The number of anilines is 1. The Bertz CT molecular complexity index is 765. The van der Waals surface area contributed by atoms with Crippen molar-refractivity contribution in [2.24, 2.45) is 0 Å². The van der Waals surface area contributed by atoms with Crippen molar-refractivity contribution in [3.8, 4) is 5.75 Å². The predicted molar refractivity (Wildman–Crippen MR) is 116 cm³/mol. The van der Waals surface area contributed by atoms with Gasteiger partial charge in [0.2, 0.25) is 0 Å². The van der Waals surface area contributed by atoms with Crippen molar-refractivity contribution in [3.05, 3.63) is 59.7 Å². The second-order valence-electron chi connectivity index (χ2n) is 7.08. The average Bonchev–Trinajstić information content (AvgIpc) is 3.11. The van der Waals surface area contributed by atoms with Crippen LogP contribution in [0, 0.1) is 6.92 Å². The number of ether oxygens (including phenoxy) is 1. The van der Waals surface area contributed by atoms with Crippen molar-refractivity contribution in [1.29, 1.82) is 0 Å². The molecule has 0 bridgehead atoms. The summed E-state index contributed by atoms with van der Waals surface area (Å²) in [5.74, 6) is 0.816. The van der Waals surface area contributed by atoms with Crippen LogP contribution >= 0.6 is 12.2 Å². The van der Waals surface area contributed by atoms with Crippen LogP contribution < -0.4 is 10.1 Å². The largest absolute Gasteiger partial charge is 0.495 e. The predicted octanol–water partition coefficient (Wildman–Crippen LogP) is 4.30. The van der Waals surface area contributed by atoms with Gasteiger partial charge in [-0.05, 0) is 55.7 Å². The Morgan fingerprint density at radius 1 is 1.26 bits per heavy atom. The van der Waals surface area contributed by atoms with Gasteiger partial charge >= 0.3 is 0 Å². The van der Waals surface area contributed by atoms with Gasteiger partial charge in [0.25, 0.3) is 0 Å². The summed E-state index contributed by atoms with van der Waals surface area (Å²) in [5, 5.41) is 4.18. The van der Waals surface area contributed by atoms with Gasteiger partial charge in [-0.15, -0.1) is 0 Å². The molecule has 1 saturated heterocycles. The summed E-state index contributed by atoms with van der Waals surface area (Å²) in [6, 6.07) is 17.2. The lowest BCUT2D eigenvalue weighted by atomic mass is 10.2. The molecule has 144 valence electrons. The minimum Gasteiger partial charge on any atom is -0.495 e. The summed E-state index contributed by atoms with van der Waals surface area (Å²) in [6.07, 6.45) is 1.13. The maximum absolute atomic E-state index is 5.75. The standard InChI is InChI=1S/C22H29N3OS/c1-4-25(22(27)23-20-14-17(2)10-11-21(20)26-3)19-12-13-24(16-19)15-18-8-6-5-7-9-18/h5-11,14,19H,4,12-13,15-16H2,1-3H3,(H,23,27). The van der Waals surface area contributed by atoms with Crippen LogP contribution in [0.3, 0.4) is 0 Å². The van der Waals surface area contributed by atoms with Gasteiger partial charge in [-0.1, -0.05) is 36.4 Å². The Kier molecular flexibility index (Phi) is 6.69. The van der Waals surface area contributed by atoms with E-state index in [0.29, 0.717) is 6.04 Å². The molecule has 2 aromatic rings. The topological polar surface area (TPSA) is 27.7 Å². The van der Waals surface area contributed by atoms with Crippen LogP contribution in [0.5, 0.6) is 5.75 Å². The van der Waals surface area contributed by atoms with E-state index in [-0.39, 0.29) is 0 Å². The maximum Gasteiger partial charge on any atom is 0.173 e. The third kappa shape index (κ3) is 4.99. The fraction of sp³-hybridized carbons (Fsp3) is 0.409. The fourth-order valence-electron chi connectivity index (χ4n) is 3.73. The van der Waals surface area contributed by atoms with Crippen LogP contribution in [0.15, 0.2) is 48.5 Å². The van der Waals surface area contributed by atoms with Crippen LogP contribution in [-0.4, -0.2) is 47.7 Å². The number of nitrogens with zero attached hydrogens (tertiary/aromatic N) is 2. The van der Waals surface area contributed by atoms with Crippen LogP contribution in [0.4, 0.5) is 5.69 Å². The summed E-state index contributed by atoms with van der Waals surface area (Å²) in [5.41, 5.74) is 3.48. The summed E-state index contributed by atoms with van der Waals surface area (Å²) in [6.45, 7) is 8.28. The van der Waals surface area contributed by atoms with Crippen LogP contribution in [0.2, 0.25) is 0 Å². The van der Waals surface area contributed by atoms with Gasteiger partial charge in [-0.3, -0.25) is 4.90 Å². The molecule has 1 unspecified atom stereocenters. The number of hydrogen-bond acceptors (Lipinski definition) is 3. The number of likely N-dealkylation sites (N-methyl/N-ethyl adjacent to an activating group) is 1. The zero-order valence-electron chi connectivity index (χ0n) is 16.4. The number of thiocarbonyl (C=S) groups is 1. The normalized spacial score (nSPS) is 16.9. The molecule has 0 amide bonds. The van der Waals surface area contributed by atoms with Crippen molar-refractivity contribution in [1.82, 2.24) is 9.80 Å². The smallest absolute Gasteiger partial charge is 0.173 e. The van der Waals surface area contributed by atoms with Crippen molar-refractivity contribution < 1.29 is 4.74 Å². The molecule has 0 spiro atoms.